The minimum atomic E-state index is -0.646. The Morgan fingerprint density at radius 2 is 1.93 bits per heavy atom. The first-order valence-corrected chi connectivity index (χ1v) is 9.68. The molecule has 1 aromatic carbocycles. The third-order valence-electron chi connectivity index (χ3n) is 4.40. The summed E-state index contributed by atoms with van der Waals surface area (Å²) in [6.07, 6.45) is -0.646. The van der Waals surface area contributed by atoms with E-state index in [-0.39, 0.29) is 24.8 Å². The number of aliphatic hydroxyl groups is 1. The third-order valence-corrected chi connectivity index (χ3v) is 4.40. The number of amides is 1. The fourth-order valence-electron chi connectivity index (χ4n) is 3.01. The van der Waals surface area contributed by atoms with Crippen molar-refractivity contribution in [3.63, 3.8) is 0 Å². The van der Waals surface area contributed by atoms with Gasteiger partial charge in [-0.1, -0.05) is 30.3 Å². The summed E-state index contributed by atoms with van der Waals surface area (Å²) >= 11 is 0. The number of hydrogen-bond acceptors (Lipinski definition) is 6. The van der Waals surface area contributed by atoms with Crippen LogP contribution in [-0.2, 0) is 11.3 Å². The molecule has 0 aliphatic rings. The number of nitrogens with zero attached hydrogens (tertiary/aromatic N) is 3. The lowest BCUT2D eigenvalue weighted by atomic mass is 10.0. The minimum Gasteiger partial charge on any atom is -0.450 e. The average molecular weight is 408 g/mol. The second kappa shape index (κ2) is 9.32. The first kappa shape index (κ1) is 21.2. The number of hydrogen-bond donors (Lipinski definition) is 2. The van der Waals surface area contributed by atoms with E-state index >= 15 is 0 Å². The van der Waals surface area contributed by atoms with Crippen molar-refractivity contribution in [2.45, 2.75) is 33.4 Å². The van der Waals surface area contributed by atoms with Gasteiger partial charge in [-0.2, -0.15) is 5.10 Å². The Hall–Kier alpha value is -3.52. The second-order valence-corrected chi connectivity index (χ2v) is 6.84. The Bertz CT molecular complexity index is 1090. The Kier molecular flexibility index (Phi) is 6.58. The smallest absolute Gasteiger partial charge is 0.411 e. The van der Waals surface area contributed by atoms with Crippen LogP contribution in [0.5, 0.6) is 0 Å². The number of carbonyl (C=O) groups is 1. The molecule has 30 heavy (non-hydrogen) atoms. The number of nitrogens with one attached hydrogen (secondary N) is 1. The molecule has 0 spiro atoms. The topological polar surface area (TPSA) is 106 Å². The fourth-order valence-corrected chi connectivity index (χ4v) is 3.01. The fraction of sp³-hybridized carbons (Fsp3) is 0.273. The molecule has 0 bridgehead atoms. The predicted molar refractivity (Wildman–Crippen MR) is 114 cm³/mol. The monoisotopic (exact) mass is 408 g/mol. The maximum absolute atomic E-state index is 12.2. The summed E-state index contributed by atoms with van der Waals surface area (Å²) in [5.74, 6) is 0. The highest BCUT2D eigenvalue weighted by atomic mass is 16.5. The number of benzene rings is 1. The van der Waals surface area contributed by atoms with Crippen LogP contribution in [0.15, 0.2) is 53.3 Å². The maximum Gasteiger partial charge on any atom is 0.411 e. The Labute approximate surface area is 174 Å². The van der Waals surface area contributed by atoms with Gasteiger partial charge in [0.05, 0.1) is 42.0 Å². The van der Waals surface area contributed by atoms with Crippen LogP contribution in [0.4, 0.5) is 10.5 Å². The van der Waals surface area contributed by atoms with E-state index in [0.717, 1.165) is 5.56 Å². The molecule has 0 aliphatic heterocycles. The Morgan fingerprint density at radius 3 is 2.57 bits per heavy atom. The van der Waals surface area contributed by atoms with Crippen molar-refractivity contribution < 1.29 is 14.6 Å². The summed E-state index contributed by atoms with van der Waals surface area (Å²) in [7, 11) is 0. The lowest BCUT2D eigenvalue weighted by Gasteiger charge is -2.16. The minimum absolute atomic E-state index is 0.126. The number of ether oxygens (including phenoxy) is 1. The van der Waals surface area contributed by atoms with E-state index in [1.807, 2.05) is 44.2 Å². The lowest BCUT2D eigenvalue weighted by molar-refractivity contribution is 0.168. The van der Waals surface area contributed by atoms with Gasteiger partial charge < -0.3 is 9.84 Å². The van der Waals surface area contributed by atoms with Crippen molar-refractivity contribution >= 4 is 11.8 Å². The number of carbonyl (C=O) groups excluding carboxylic acids is 1. The van der Waals surface area contributed by atoms with Crippen LogP contribution in [0.2, 0.25) is 0 Å². The number of pyridine rings is 1. The molecular formula is C22H24N4O4. The van der Waals surface area contributed by atoms with Gasteiger partial charge in [-0.05, 0) is 32.9 Å². The van der Waals surface area contributed by atoms with E-state index in [1.165, 1.54) is 10.7 Å². The molecule has 0 aliphatic carbocycles. The van der Waals surface area contributed by atoms with Gasteiger partial charge in [-0.3, -0.25) is 10.1 Å². The van der Waals surface area contributed by atoms with Crippen LogP contribution in [0.1, 0.15) is 32.5 Å². The molecule has 0 radical (unpaired) electrons. The third kappa shape index (κ3) is 4.55. The van der Waals surface area contributed by atoms with Gasteiger partial charge in [0.15, 0.2) is 0 Å². The highest BCUT2D eigenvalue weighted by Gasteiger charge is 2.18. The van der Waals surface area contributed by atoms with Crippen molar-refractivity contribution in [1.29, 1.82) is 0 Å². The number of aliphatic hydroxyl groups excluding tert-OH is 1. The molecule has 8 heteroatoms. The highest BCUT2D eigenvalue weighted by Crippen LogP contribution is 2.33. The summed E-state index contributed by atoms with van der Waals surface area (Å²) in [4.78, 5) is 28.7. The first-order chi connectivity index (χ1) is 14.4. The molecule has 0 atom stereocenters. The van der Waals surface area contributed by atoms with E-state index < -0.39 is 6.09 Å². The predicted octanol–water partition coefficient (Wildman–Crippen LogP) is 3.61. The van der Waals surface area contributed by atoms with Crippen LogP contribution >= 0.6 is 0 Å². The summed E-state index contributed by atoms with van der Waals surface area (Å²) in [6, 6.07) is 14.1. The molecule has 2 N–H and O–H groups in total. The molecule has 0 saturated heterocycles. The van der Waals surface area contributed by atoms with Crippen molar-refractivity contribution in [3.8, 4) is 22.5 Å². The van der Waals surface area contributed by atoms with Crippen LogP contribution < -0.4 is 10.9 Å². The summed E-state index contributed by atoms with van der Waals surface area (Å²) < 4.78 is 6.34. The molecule has 0 fully saturated rings. The number of rotatable bonds is 6. The zero-order valence-corrected chi connectivity index (χ0v) is 17.1. The van der Waals surface area contributed by atoms with Crippen molar-refractivity contribution in [2.24, 2.45) is 0 Å². The van der Waals surface area contributed by atoms with E-state index in [9.17, 15) is 14.7 Å². The molecule has 1 amide bonds. The highest BCUT2D eigenvalue weighted by molar-refractivity contribution is 5.89. The van der Waals surface area contributed by atoms with E-state index in [0.29, 0.717) is 28.3 Å². The van der Waals surface area contributed by atoms with Crippen LogP contribution in [0, 0.1) is 0 Å². The number of anilines is 1. The van der Waals surface area contributed by atoms with Gasteiger partial charge in [-0.25, -0.2) is 14.5 Å². The molecule has 2 aromatic heterocycles. The van der Waals surface area contributed by atoms with Crippen molar-refractivity contribution in [1.82, 2.24) is 14.8 Å². The molecule has 3 aromatic rings. The molecule has 0 unspecified atom stereocenters. The van der Waals surface area contributed by atoms with Gasteiger partial charge in [0.25, 0.3) is 5.56 Å². The molecule has 8 nitrogen and oxygen atoms in total. The maximum atomic E-state index is 12.2. The van der Waals surface area contributed by atoms with E-state index in [1.54, 1.807) is 19.1 Å². The molecule has 156 valence electrons. The van der Waals surface area contributed by atoms with Crippen molar-refractivity contribution in [3.05, 3.63) is 64.6 Å². The van der Waals surface area contributed by atoms with Crippen LogP contribution in [0.25, 0.3) is 22.5 Å². The molecular weight excluding hydrogens is 384 g/mol. The summed E-state index contributed by atoms with van der Waals surface area (Å²) in [6.45, 7) is 5.28. The standard InChI is InChI=1S/C22H24N4O4/c1-4-30-22(29)24-18-12-16(17-10-11-20(28)26(25-17)14(2)3)21(23-19(18)13-27)15-8-6-5-7-9-15/h5-12,14,27H,4,13H2,1-3H3,(H,24,29). The first-order valence-electron chi connectivity index (χ1n) is 9.68. The second-order valence-electron chi connectivity index (χ2n) is 6.84. The van der Waals surface area contributed by atoms with Crippen LogP contribution in [-0.4, -0.2) is 32.6 Å². The summed E-state index contributed by atoms with van der Waals surface area (Å²) in [5, 5.41) is 16.9. The summed E-state index contributed by atoms with van der Waals surface area (Å²) in [5.41, 5.74) is 2.92. The van der Waals surface area contributed by atoms with Crippen molar-refractivity contribution in [2.75, 3.05) is 11.9 Å². The van der Waals surface area contributed by atoms with Gasteiger partial charge in [0.2, 0.25) is 0 Å². The Balaban J connectivity index is 2.24. The quantitative estimate of drug-likeness (QED) is 0.645. The average Bonchev–Trinajstić information content (AvgIpc) is 2.74. The van der Waals surface area contributed by atoms with E-state index in [4.69, 9.17) is 4.74 Å². The SMILES string of the molecule is CCOC(=O)Nc1cc(-c2ccc(=O)n(C(C)C)n2)c(-c2ccccc2)nc1CO. The normalized spacial score (nSPS) is 10.8. The zero-order valence-electron chi connectivity index (χ0n) is 17.1. The largest absolute Gasteiger partial charge is 0.450 e. The molecule has 2 heterocycles. The number of aromatic nitrogens is 3. The van der Waals surface area contributed by atoms with Gasteiger partial charge in [-0.15, -0.1) is 0 Å². The van der Waals surface area contributed by atoms with Gasteiger partial charge in [0.1, 0.15) is 0 Å². The Morgan fingerprint density at radius 1 is 1.20 bits per heavy atom. The molecule has 3 rings (SSSR count). The van der Waals surface area contributed by atoms with E-state index in [2.05, 4.69) is 15.4 Å². The lowest BCUT2D eigenvalue weighted by Crippen LogP contribution is -2.24. The zero-order chi connectivity index (χ0) is 21.7. The van der Waals surface area contributed by atoms with Gasteiger partial charge >= 0.3 is 6.09 Å². The molecule has 0 saturated carbocycles. The van der Waals surface area contributed by atoms with Gasteiger partial charge in [0, 0.05) is 17.2 Å². The van der Waals surface area contributed by atoms with Crippen LogP contribution in [0.3, 0.4) is 0 Å².